The Morgan fingerprint density at radius 3 is 2.67 bits per heavy atom. The summed E-state index contributed by atoms with van der Waals surface area (Å²) in [7, 11) is -2.96. The Kier molecular flexibility index (Phi) is 5.44. The van der Waals surface area contributed by atoms with E-state index in [1.54, 1.807) is 25.1 Å². The largest absolute Gasteiger partial charge is 0.493 e. The van der Waals surface area contributed by atoms with Crippen LogP contribution in [0, 0.1) is 0 Å². The molecule has 102 valence electrons. The summed E-state index contributed by atoms with van der Waals surface area (Å²) in [5.41, 5.74) is 0.599. The summed E-state index contributed by atoms with van der Waals surface area (Å²) in [5, 5.41) is 10.1. The molecule has 1 N–H and O–H groups in total. The molecule has 0 amide bonds. The zero-order valence-corrected chi connectivity index (χ0v) is 12.0. The van der Waals surface area contributed by atoms with E-state index in [1.165, 1.54) is 6.26 Å². The van der Waals surface area contributed by atoms with Crippen molar-refractivity contribution in [3.05, 3.63) is 28.8 Å². The SMILES string of the molecule is C[C@@H](O)c1cc(Cl)ccc1OCCCS(C)(=O)=O. The van der Waals surface area contributed by atoms with E-state index < -0.39 is 15.9 Å². The molecule has 18 heavy (non-hydrogen) atoms. The lowest BCUT2D eigenvalue weighted by Gasteiger charge is -2.13. The molecule has 0 saturated carbocycles. The molecule has 4 nitrogen and oxygen atoms in total. The molecule has 0 aliphatic carbocycles. The molecule has 0 spiro atoms. The minimum absolute atomic E-state index is 0.0879. The second kappa shape index (κ2) is 6.41. The molecule has 0 unspecified atom stereocenters. The zero-order valence-electron chi connectivity index (χ0n) is 10.4. The molecular weight excluding hydrogens is 276 g/mol. The molecule has 6 heteroatoms. The minimum atomic E-state index is -2.96. The van der Waals surface area contributed by atoms with Gasteiger partial charge in [-0.2, -0.15) is 0 Å². The number of sulfone groups is 1. The van der Waals surface area contributed by atoms with Crippen molar-refractivity contribution in [1.82, 2.24) is 0 Å². The number of hydrogen-bond acceptors (Lipinski definition) is 4. The van der Waals surface area contributed by atoms with E-state index in [-0.39, 0.29) is 12.4 Å². The molecule has 1 aromatic rings. The number of ether oxygens (including phenoxy) is 1. The van der Waals surface area contributed by atoms with E-state index in [2.05, 4.69) is 0 Å². The van der Waals surface area contributed by atoms with Crippen molar-refractivity contribution >= 4 is 21.4 Å². The van der Waals surface area contributed by atoms with E-state index >= 15 is 0 Å². The molecule has 0 bridgehead atoms. The highest BCUT2D eigenvalue weighted by Gasteiger charge is 2.10. The quantitative estimate of drug-likeness (QED) is 0.817. The van der Waals surface area contributed by atoms with Crippen LogP contribution in [0.25, 0.3) is 0 Å². The number of aliphatic hydroxyl groups is 1. The monoisotopic (exact) mass is 292 g/mol. The molecule has 0 saturated heterocycles. The molecule has 0 aliphatic rings. The normalized spacial score (nSPS) is 13.3. The summed E-state index contributed by atoms with van der Waals surface area (Å²) >= 11 is 5.84. The van der Waals surface area contributed by atoms with E-state index in [0.29, 0.717) is 22.8 Å². The van der Waals surface area contributed by atoms with Crippen molar-refractivity contribution in [3.8, 4) is 5.75 Å². The van der Waals surface area contributed by atoms with Gasteiger partial charge in [0, 0.05) is 16.8 Å². The predicted octanol–water partition coefficient (Wildman–Crippen LogP) is 2.21. The van der Waals surface area contributed by atoms with Gasteiger partial charge in [0.15, 0.2) is 0 Å². The molecule has 0 aromatic heterocycles. The number of aliphatic hydroxyl groups excluding tert-OH is 1. The second-order valence-electron chi connectivity index (χ2n) is 4.19. The number of halogens is 1. The third kappa shape index (κ3) is 5.25. The predicted molar refractivity (Wildman–Crippen MR) is 71.9 cm³/mol. The summed E-state index contributed by atoms with van der Waals surface area (Å²) in [6.45, 7) is 1.91. The smallest absolute Gasteiger partial charge is 0.147 e. The van der Waals surface area contributed by atoms with Gasteiger partial charge in [-0.1, -0.05) is 11.6 Å². The molecule has 1 rings (SSSR count). The van der Waals surface area contributed by atoms with Gasteiger partial charge in [0.25, 0.3) is 0 Å². The molecule has 1 atom stereocenters. The highest BCUT2D eigenvalue weighted by atomic mass is 35.5. The van der Waals surface area contributed by atoms with Crippen molar-refractivity contribution in [2.75, 3.05) is 18.6 Å². The van der Waals surface area contributed by atoms with E-state index in [4.69, 9.17) is 16.3 Å². The van der Waals surface area contributed by atoms with Crippen LogP contribution in [-0.2, 0) is 9.84 Å². The maximum Gasteiger partial charge on any atom is 0.147 e. The fourth-order valence-electron chi connectivity index (χ4n) is 1.48. The Hall–Kier alpha value is -0.780. The lowest BCUT2D eigenvalue weighted by atomic mass is 10.1. The Morgan fingerprint density at radius 2 is 2.11 bits per heavy atom. The van der Waals surface area contributed by atoms with Gasteiger partial charge in [0.05, 0.1) is 18.5 Å². The maximum atomic E-state index is 10.9. The fourth-order valence-corrected chi connectivity index (χ4v) is 2.30. The highest BCUT2D eigenvalue weighted by Crippen LogP contribution is 2.28. The van der Waals surface area contributed by atoms with Crippen LogP contribution in [-0.4, -0.2) is 32.1 Å². The van der Waals surface area contributed by atoms with Crippen molar-refractivity contribution in [3.63, 3.8) is 0 Å². The van der Waals surface area contributed by atoms with E-state index in [1.807, 2.05) is 0 Å². The van der Waals surface area contributed by atoms with Crippen LogP contribution in [0.3, 0.4) is 0 Å². The lowest BCUT2D eigenvalue weighted by molar-refractivity contribution is 0.191. The lowest BCUT2D eigenvalue weighted by Crippen LogP contribution is -2.09. The molecular formula is C12H17ClO4S. The summed E-state index contributed by atoms with van der Waals surface area (Å²) in [6, 6.07) is 4.97. The summed E-state index contributed by atoms with van der Waals surface area (Å²) < 4.78 is 27.4. The van der Waals surface area contributed by atoms with Crippen LogP contribution >= 0.6 is 11.6 Å². The summed E-state index contributed by atoms with van der Waals surface area (Å²) in [6.07, 6.45) is 0.922. The van der Waals surface area contributed by atoms with Crippen LogP contribution in [0.4, 0.5) is 0 Å². The third-order valence-corrected chi connectivity index (χ3v) is 3.60. The van der Waals surface area contributed by atoms with Crippen LogP contribution in [0.1, 0.15) is 25.0 Å². The Bertz CT molecular complexity index is 497. The first-order valence-electron chi connectivity index (χ1n) is 5.57. The van der Waals surface area contributed by atoms with Crippen molar-refractivity contribution in [2.24, 2.45) is 0 Å². The Balaban J connectivity index is 2.62. The fraction of sp³-hybridized carbons (Fsp3) is 0.500. The molecule has 0 heterocycles. The minimum Gasteiger partial charge on any atom is -0.493 e. The highest BCUT2D eigenvalue weighted by molar-refractivity contribution is 7.90. The van der Waals surface area contributed by atoms with Gasteiger partial charge in [0.2, 0.25) is 0 Å². The van der Waals surface area contributed by atoms with Gasteiger partial charge >= 0.3 is 0 Å². The summed E-state index contributed by atoms with van der Waals surface area (Å²) in [4.78, 5) is 0. The standard InChI is InChI=1S/C12H17ClO4S/c1-9(14)11-8-10(13)4-5-12(11)17-6-3-7-18(2,15)16/h4-5,8-9,14H,3,6-7H2,1-2H3/t9-/m1/s1. The van der Waals surface area contributed by atoms with Crippen LogP contribution < -0.4 is 4.74 Å². The van der Waals surface area contributed by atoms with Crippen molar-refractivity contribution in [2.45, 2.75) is 19.4 Å². The second-order valence-corrected chi connectivity index (χ2v) is 6.89. The first-order chi connectivity index (χ1) is 8.29. The summed E-state index contributed by atoms with van der Waals surface area (Å²) in [5.74, 6) is 0.618. The molecule has 0 fully saturated rings. The maximum absolute atomic E-state index is 10.9. The average molecular weight is 293 g/mol. The van der Waals surface area contributed by atoms with Gasteiger partial charge in [0.1, 0.15) is 15.6 Å². The van der Waals surface area contributed by atoms with Gasteiger partial charge in [-0.3, -0.25) is 0 Å². The van der Waals surface area contributed by atoms with Crippen LogP contribution in [0.15, 0.2) is 18.2 Å². The number of hydrogen-bond donors (Lipinski definition) is 1. The third-order valence-electron chi connectivity index (χ3n) is 2.34. The number of rotatable bonds is 6. The average Bonchev–Trinajstić information content (AvgIpc) is 2.24. The van der Waals surface area contributed by atoms with E-state index in [9.17, 15) is 13.5 Å². The Labute approximate surface area is 112 Å². The first kappa shape index (κ1) is 15.3. The van der Waals surface area contributed by atoms with Crippen molar-refractivity contribution in [1.29, 1.82) is 0 Å². The van der Waals surface area contributed by atoms with E-state index in [0.717, 1.165) is 0 Å². The number of benzene rings is 1. The van der Waals surface area contributed by atoms with Gasteiger partial charge in [-0.15, -0.1) is 0 Å². The van der Waals surface area contributed by atoms with Gasteiger partial charge < -0.3 is 9.84 Å². The topological polar surface area (TPSA) is 63.6 Å². The van der Waals surface area contributed by atoms with Crippen molar-refractivity contribution < 1.29 is 18.3 Å². The molecule has 1 aromatic carbocycles. The van der Waals surface area contributed by atoms with Crippen LogP contribution in [0.5, 0.6) is 5.75 Å². The molecule has 0 aliphatic heterocycles. The first-order valence-corrected chi connectivity index (χ1v) is 8.01. The van der Waals surface area contributed by atoms with Gasteiger partial charge in [-0.25, -0.2) is 8.42 Å². The Morgan fingerprint density at radius 1 is 1.44 bits per heavy atom. The van der Waals surface area contributed by atoms with Gasteiger partial charge in [-0.05, 0) is 31.5 Å². The molecule has 0 radical (unpaired) electrons. The zero-order chi connectivity index (χ0) is 13.8. The van der Waals surface area contributed by atoms with Crippen LogP contribution in [0.2, 0.25) is 5.02 Å².